The molecule has 0 N–H and O–H groups in total. The minimum absolute atomic E-state index is 0.0146. The van der Waals surface area contributed by atoms with Crippen molar-refractivity contribution in [2.75, 3.05) is 37.7 Å². The number of sulfone groups is 1. The fourth-order valence-electron chi connectivity index (χ4n) is 3.50. The zero-order valence-corrected chi connectivity index (χ0v) is 15.7. The van der Waals surface area contributed by atoms with Gasteiger partial charge in [-0.1, -0.05) is 17.7 Å². The second kappa shape index (κ2) is 7.33. The Hall–Kier alpha value is -1.60. The average Bonchev–Trinajstić information content (AvgIpc) is 2.96. The number of benzene rings is 1. The van der Waals surface area contributed by atoms with Crippen LogP contribution in [0.5, 0.6) is 5.75 Å². The highest BCUT2D eigenvalue weighted by molar-refractivity contribution is 7.91. The lowest BCUT2D eigenvalue weighted by Gasteiger charge is -2.38. The number of ether oxygens (including phenoxy) is 1. The molecule has 1 amide bonds. The minimum atomic E-state index is -2.87. The summed E-state index contributed by atoms with van der Waals surface area (Å²) in [5, 5.41) is 0. The molecule has 0 aliphatic carbocycles. The molecule has 2 aliphatic rings. The summed E-state index contributed by atoms with van der Waals surface area (Å²) < 4.78 is 29.0. The van der Waals surface area contributed by atoms with Gasteiger partial charge in [0.25, 0.3) is 5.91 Å². The van der Waals surface area contributed by atoms with Crippen molar-refractivity contribution in [3.63, 3.8) is 0 Å². The predicted octanol–water partition coefficient (Wildman–Crippen LogP) is 1.09. The maximum atomic E-state index is 12.6. The Morgan fingerprint density at radius 1 is 1.16 bits per heavy atom. The smallest absolute Gasteiger partial charge is 0.263 e. The molecule has 2 fully saturated rings. The van der Waals surface area contributed by atoms with E-state index < -0.39 is 15.9 Å². The van der Waals surface area contributed by atoms with Gasteiger partial charge in [0.2, 0.25) is 0 Å². The molecule has 0 bridgehead atoms. The molecule has 138 valence electrons. The summed E-state index contributed by atoms with van der Waals surface area (Å²) in [6.07, 6.45) is 0.185. The van der Waals surface area contributed by atoms with E-state index in [1.807, 2.05) is 36.1 Å². The number of nitrogens with zero attached hydrogens (tertiary/aromatic N) is 2. The Labute approximate surface area is 149 Å². The quantitative estimate of drug-likeness (QED) is 0.798. The van der Waals surface area contributed by atoms with Gasteiger partial charge >= 0.3 is 0 Å². The Bertz CT molecular complexity index is 709. The van der Waals surface area contributed by atoms with Gasteiger partial charge in [0.15, 0.2) is 15.9 Å². The van der Waals surface area contributed by atoms with Crippen molar-refractivity contribution in [3.05, 3.63) is 29.8 Å². The van der Waals surface area contributed by atoms with Crippen molar-refractivity contribution in [2.24, 2.45) is 0 Å². The van der Waals surface area contributed by atoms with Gasteiger partial charge in [0, 0.05) is 32.2 Å². The molecule has 25 heavy (non-hydrogen) atoms. The largest absolute Gasteiger partial charge is 0.481 e. The van der Waals surface area contributed by atoms with E-state index in [-0.39, 0.29) is 23.5 Å². The van der Waals surface area contributed by atoms with Crippen LogP contribution in [-0.4, -0.2) is 74.0 Å². The molecule has 2 unspecified atom stereocenters. The molecule has 1 aromatic rings. The first-order chi connectivity index (χ1) is 11.8. The van der Waals surface area contributed by atoms with Crippen LogP contribution in [0, 0.1) is 6.92 Å². The Morgan fingerprint density at radius 3 is 2.36 bits per heavy atom. The molecule has 6 nitrogen and oxygen atoms in total. The van der Waals surface area contributed by atoms with Crippen LogP contribution in [0.2, 0.25) is 0 Å². The van der Waals surface area contributed by atoms with E-state index in [1.54, 1.807) is 6.92 Å². The number of piperazine rings is 1. The SMILES string of the molecule is Cc1ccc(OC(C)C(=O)N2CCN(C3CCS(=O)(=O)C3)CC2)cc1. The Balaban J connectivity index is 1.50. The Morgan fingerprint density at radius 2 is 1.80 bits per heavy atom. The van der Waals surface area contributed by atoms with E-state index in [2.05, 4.69) is 4.90 Å². The van der Waals surface area contributed by atoms with Crippen molar-refractivity contribution in [2.45, 2.75) is 32.4 Å². The molecule has 2 saturated heterocycles. The van der Waals surface area contributed by atoms with E-state index in [0.717, 1.165) is 18.7 Å². The van der Waals surface area contributed by atoms with Crippen LogP contribution in [0.4, 0.5) is 0 Å². The Kier molecular flexibility index (Phi) is 5.34. The maximum absolute atomic E-state index is 12.6. The molecule has 7 heteroatoms. The zero-order chi connectivity index (χ0) is 18.0. The average molecular weight is 366 g/mol. The number of aryl methyl sites for hydroxylation is 1. The standard InChI is InChI=1S/C18H26N2O4S/c1-14-3-5-17(6-4-14)24-15(2)18(21)20-10-8-19(9-11-20)16-7-12-25(22,23)13-16/h3-6,15-16H,7-13H2,1-2H3. The third-order valence-corrected chi connectivity index (χ3v) is 6.78. The van der Waals surface area contributed by atoms with Crippen molar-refractivity contribution < 1.29 is 17.9 Å². The summed E-state index contributed by atoms with van der Waals surface area (Å²) in [7, 11) is -2.87. The van der Waals surface area contributed by atoms with Crippen molar-refractivity contribution in [1.82, 2.24) is 9.80 Å². The van der Waals surface area contributed by atoms with Crippen molar-refractivity contribution >= 4 is 15.7 Å². The van der Waals surface area contributed by atoms with Crippen LogP contribution in [0.3, 0.4) is 0 Å². The summed E-state index contributed by atoms with van der Waals surface area (Å²) >= 11 is 0. The number of rotatable bonds is 4. The highest BCUT2D eigenvalue weighted by Crippen LogP contribution is 2.20. The number of hydrogen-bond acceptors (Lipinski definition) is 5. The van der Waals surface area contributed by atoms with Crippen LogP contribution in [0.1, 0.15) is 18.9 Å². The van der Waals surface area contributed by atoms with Gasteiger partial charge in [0.05, 0.1) is 11.5 Å². The van der Waals surface area contributed by atoms with Gasteiger partial charge in [0.1, 0.15) is 5.75 Å². The van der Waals surface area contributed by atoms with Crippen LogP contribution in [0.25, 0.3) is 0 Å². The summed E-state index contributed by atoms with van der Waals surface area (Å²) in [5.41, 5.74) is 1.15. The molecule has 0 spiro atoms. The molecule has 2 heterocycles. The third kappa shape index (κ3) is 4.52. The topological polar surface area (TPSA) is 66.9 Å². The number of carbonyl (C=O) groups is 1. The fourth-order valence-corrected chi connectivity index (χ4v) is 5.26. The summed E-state index contributed by atoms with van der Waals surface area (Å²) in [6.45, 7) is 6.48. The summed E-state index contributed by atoms with van der Waals surface area (Å²) in [6, 6.07) is 7.78. The first kappa shape index (κ1) is 18.2. The van der Waals surface area contributed by atoms with E-state index in [0.29, 0.717) is 25.3 Å². The lowest BCUT2D eigenvalue weighted by atomic mass is 10.2. The molecule has 0 aromatic heterocycles. The van der Waals surface area contributed by atoms with Crippen molar-refractivity contribution in [3.8, 4) is 5.75 Å². The normalized spacial score (nSPS) is 24.9. The van der Waals surface area contributed by atoms with Gasteiger partial charge in [-0.3, -0.25) is 9.69 Å². The van der Waals surface area contributed by atoms with E-state index in [9.17, 15) is 13.2 Å². The monoisotopic (exact) mass is 366 g/mol. The molecule has 1 aromatic carbocycles. The van der Waals surface area contributed by atoms with Gasteiger partial charge in [-0.15, -0.1) is 0 Å². The molecule has 3 rings (SSSR count). The van der Waals surface area contributed by atoms with Gasteiger partial charge in [-0.2, -0.15) is 0 Å². The lowest BCUT2D eigenvalue weighted by molar-refractivity contribution is -0.140. The third-order valence-electron chi connectivity index (χ3n) is 5.03. The second-order valence-corrected chi connectivity index (χ2v) is 9.22. The lowest BCUT2D eigenvalue weighted by Crippen LogP contribution is -2.54. The van der Waals surface area contributed by atoms with Crippen LogP contribution < -0.4 is 4.74 Å². The fraction of sp³-hybridized carbons (Fsp3) is 0.611. The highest BCUT2D eigenvalue weighted by atomic mass is 32.2. The molecule has 2 atom stereocenters. The zero-order valence-electron chi connectivity index (χ0n) is 14.8. The summed E-state index contributed by atoms with van der Waals surface area (Å²) in [4.78, 5) is 16.6. The van der Waals surface area contributed by atoms with Gasteiger partial charge in [-0.05, 0) is 32.4 Å². The van der Waals surface area contributed by atoms with E-state index in [4.69, 9.17) is 4.74 Å². The molecule has 2 aliphatic heterocycles. The minimum Gasteiger partial charge on any atom is -0.481 e. The highest BCUT2D eigenvalue weighted by Gasteiger charge is 2.35. The summed E-state index contributed by atoms with van der Waals surface area (Å²) in [5.74, 6) is 1.23. The second-order valence-electron chi connectivity index (χ2n) is 6.99. The molecule has 0 radical (unpaired) electrons. The predicted molar refractivity (Wildman–Crippen MR) is 96.5 cm³/mol. The first-order valence-corrected chi connectivity index (χ1v) is 10.6. The van der Waals surface area contributed by atoms with Crippen LogP contribution in [-0.2, 0) is 14.6 Å². The van der Waals surface area contributed by atoms with Crippen LogP contribution in [0.15, 0.2) is 24.3 Å². The van der Waals surface area contributed by atoms with Crippen molar-refractivity contribution in [1.29, 1.82) is 0 Å². The number of carbonyl (C=O) groups excluding carboxylic acids is 1. The van der Waals surface area contributed by atoms with E-state index in [1.165, 1.54) is 0 Å². The van der Waals surface area contributed by atoms with Gasteiger partial charge in [-0.25, -0.2) is 8.42 Å². The number of hydrogen-bond donors (Lipinski definition) is 0. The molecular weight excluding hydrogens is 340 g/mol. The maximum Gasteiger partial charge on any atom is 0.263 e. The molecule has 0 saturated carbocycles. The van der Waals surface area contributed by atoms with Crippen LogP contribution >= 0.6 is 0 Å². The molecular formula is C18H26N2O4S. The van der Waals surface area contributed by atoms with Gasteiger partial charge < -0.3 is 9.64 Å². The number of amides is 1. The first-order valence-electron chi connectivity index (χ1n) is 8.81. The van der Waals surface area contributed by atoms with E-state index >= 15 is 0 Å².